The SMILES string of the molecule is Cc1cccc(C(C)C)c1NC(=O)COC(=O)/C(C#N)=C/c1ccc(C(C)C)cc1. The van der Waals surface area contributed by atoms with Gasteiger partial charge in [0.2, 0.25) is 0 Å². The average molecular weight is 405 g/mol. The molecule has 0 heterocycles. The number of esters is 1. The molecule has 0 spiro atoms. The first-order valence-electron chi connectivity index (χ1n) is 10.0. The fourth-order valence-electron chi connectivity index (χ4n) is 3.01. The maximum absolute atomic E-state index is 12.3. The second-order valence-electron chi connectivity index (χ2n) is 7.81. The van der Waals surface area contributed by atoms with E-state index in [1.165, 1.54) is 11.6 Å². The number of nitriles is 1. The van der Waals surface area contributed by atoms with Gasteiger partial charge in [-0.1, -0.05) is 70.2 Å². The molecule has 0 saturated heterocycles. The highest BCUT2D eigenvalue weighted by molar-refractivity contribution is 6.00. The lowest BCUT2D eigenvalue weighted by Crippen LogP contribution is -2.22. The highest BCUT2D eigenvalue weighted by Crippen LogP contribution is 2.27. The molecule has 156 valence electrons. The number of carbonyl (C=O) groups is 2. The van der Waals surface area contributed by atoms with Gasteiger partial charge < -0.3 is 10.1 Å². The molecule has 1 N–H and O–H groups in total. The maximum Gasteiger partial charge on any atom is 0.349 e. The summed E-state index contributed by atoms with van der Waals surface area (Å²) in [6.07, 6.45) is 1.46. The molecule has 0 aliphatic rings. The molecule has 30 heavy (non-hydrogen) atoms. The number of aryl methyl sites for hydroxylation is 1. The quantitative estimate of drug-likeness (QED) is 0.384. The molecule has 0 atom stereocenters. The minimum Gasteiger partial charge on any atom is -0.451 e. The molecule has 2 aromatic carbocycles. The highest BCUT2D eigenvalue weighted by atomic mass is 16.5. The molecular formula is C25H28N2O3. The Balaban J connectivity index is 2.03. The van der Waals surface area contributed by atoms with Gasteiger partial charge in [0.25, 0.3) is 5.91 Å². The molecule has 5 nitrogen and oxygen atoms in total. The largest absolute Gasteiger partial charge is 0.451 e. The third-order valence-corrected chi connectivity index (χ3v) is 4.78. The third-order valence-electron chi connectivity index (χ3n) is 4.78. The first-order valence-corrected chi connectivity index (χ1v) is 10.0. The average Bonchev–Trinajstić information content (AvgIpc) is 2.71. The molecule has 2 aromatic rings. The van der Waals surface area contributed by atoms with Gasteiger partial charge in [-0.15, -0.1) is 0 Å². The molecule has 0 aliphatic heterocycles. The normalized spacial score (nSPS) is 11.3. The smallest absolute Gasteiger partial charge is 0.349 e. The van der Waals surface area contributed by atoms with E-state index in [1.807, 2.05) is 69.3 Å². The van der Waals surface area contributed by atoms with Crippen LogP contribution in [0.1, 0.15) is 61.8 Å². The zero-order chi connectivity index (χ0) is 22.3. The Morgan fingerprint density at radius 3 is 2.30 bits per heavy atom. The van der Waals surface area contributed by atoms with Crippen molar-refractivity contribution >= 4 is 23.6 Å². The fraction of sp³-hybridized carbons (Fsp3) is 0.320. The summed E-state index contributed by atoms with van der Waals surface area (Å²) < 4.78 is 5.06. The van der Waals surface area contributed by atoms with Gasteiger partial charge in [-0.25, -0.2) is 4.79 Å². The van der Waals surface area contributed by atoms with Crippen LogP contribution < -0.4 is 5.32 Å². The van der Waals surface area contributed by atoms with Gasteiger partial charge in [-0.05, 0) is 47.1 Å². The van der Waals surface area contributed by atoms with Crippen molar-refractivity contribution in [1.29, 1.82) is 5.26 Å². The zero-order valence-electron chi connectivity index (χ0n) is 18.2. The van der Waals surface area contributed by atoms with Crippen LogP contribution in [0, 0.1) is 18.3 Å². The molecule has 5 heteroatoms. The Labute approximate surface area is 178 Å². The van der Waals surface area contributed by atoms with Gasteiger partial charge in [0.05, 0.1) is 0 Å². The van der Waals surface area contributed by atoms with E-state index in [-0.39, 0.29) is 11.5 Å². The van der Waals surface area contributed by atoms with Crippen LogP contribution in [0.15, 0.2) is 48.0 Å². The lowest BCUT2D eigenvalue weighted by atomic mass is 9.98. The Kier molecular flexibility index (Phi) is 7.94. The van der Waals surface area contributed by atoms with Crippen molar-refractivity contribution < 1.29 is 14.3 Å². The van der Waals surface area contributed by atoms with E-state index in [2.05, 4.69) is 19.2 Å². The Morgan fingerprint density at radius 1 is 1.07 bits per heavy atom. The van der Waals surface area contributed by atoms with Crippen LogP contribution in [-0.2, 0) is 14.3 Å². The standard InChI is InChI=1S/C25H28N2O3/c1-16(2)20-11-9-19(10-12-20)13-21(14-26)25(29)30-15-23(28)27-24-18(5)7-6-8-22(24)17(3)4/h6-13,16-17H,15H2,1-5H3,(H,27,28)/b21-13+. The van der Waals surface area contributed by atoms with Gasteiger partial charge in [-0.2, -0.15) is 5.26 Å². The number of benzene rings is 2. The van der Waals surface area contributed by atoms with Crippen molar-refractivity contribution in [2.75, 3.05) is 11.9 Å². The minimum atomic E-state index is -0.825. The molecule has 0 bridgehead atoms. The predicted molar refractivity (Wildman–Crippen MR) is 119 cm³/mol. The van der Waals surface area contributed by atoms with Crippen molar-refractivity contribution in [1.82, 2.24) is 0 Å². The number of ether oxygens (including phenoxy) is 1. The molecule has 2 rings (SSSR count). The number of amides is 1. The fourth-order valence-corrected chi connectivity index (χ4v) is 3.01. The number of para-hydroxylation sites is 1. The number of nitrogens with one attached hydrogen (secondary N) is 1. The summed E-state index contributed by atoms with van der Waals surface area (Å²) in [5.41, 5.74) is 4.41. The van der Waals surface area contributed by atoms with Crippen LogP contribution in [0.4, 0.5) is 5.69 Å². The van der Waals surface area contributed by atoms with E-state index >= 15 is 0 Å². The Bertz CT molecular complexity index is 980. The van der Waals surface area contributed by atoms with Gasteiger partial charge >= 0.3 is 5.97 Å². The number of anilines is 1. The first-order chi connectivity index (χ1) is 14.2. The van der Waals surface area contributed by atoms with Gasteiger partial charge in [0, 0.05) is 5.69 Å². The van der Waals surface area contributed by atoms with E-state index < -0.39 is 18.5 Å². The lowest BCUT2D eigenvalue weighted by molar-refractivity contribution is -0.142. The topological polar surface area (TPSA) is 79.2 Å². The zero-order valence-corrected chi connectivity index (χ0v) is 18.2. The molecule has 1 amide bonds. The summed E-state index contributed by atoms with van der Waals surface area (Å²) in [5.74, 6) is -0.642. The molecular weight excluding hydrogens is 376 g/mol. The molecule has 0 unspecified atom stereocenters. The van der Waals surface area contributed by atoms with E-state index in [1.54, 1.807) is 0 Å². The van der Waals surface area contributed by atoms with Crippen LogP contribution >= 0.6 is 0 Å². The number of hydrogen-bond donors (Lipinski definition) is 1. The van der Waals surface area contributed by atoms with E-state index in [4.69, 9.17) is 4.74 Å². The van der Waals surface area contributed by atoms with E-state index in [9.17, 15) is 14.9 Å². The third kappa shape index (κ3) is 6.05. The summed E-state index contributed by atoms with van der Waals surface area (Å²) >= 11 is 0. The number of hydrogen-bond acceptors (Lipinski definition) is 4. The van der Waals surface area contributed by atoms with Crippen molar-refractivity contribution in [2.45, 2.75) is 46.5 Å². The second kappa shape index (κ2) is 10.4. The number of nitrogens with zero attached hydrogens (tertiary/aromatic N) is 1. The summed E-state index contributed by atoms with van der Waals surface area (Å²) in [4.78, 5) is 24.6. The van der Waals surface area contributed by atoms with Crippen LogP contribution in [0.3, 0.4) is 0 Å². The highest BCUT2D eigenvalue weighted by Gasteiger charge is 2.16. The van der Waals surface area contributed by atoms with Crippen LogP contribution in [-0.4, -0.2) is 18.5 Å². The van der Waals surface area contributed by atoms with Gasteiger partial charge in [-0.3, -0.25) is 4.79 Å². The van der Waals surface area contributed by atoms with Crippen molar-refractivity contribution in [3.63, 3.8) is 0 Å². The van der Waals surface area contributed by atoms with Crippen LogP contribution in [0.5, 0.6) is 0 Å². The van der Waals surface area contributed by atoms with Crippen molar-refractivity contribution in [2.24, 2.45) is 0 Å². The molecule has 0 fully saturated rings. The van der Waals surface area contributed by atoms with Crippen LogP contribution in [0.25, 0.3) is 6.08 Å². The minimum absolute atomic E-state index is 0.154. The molecule has 0 aromatic heterocycles. The number of rotatable bonds is 7. The summed E-state index contributed by atoms with van der Waals surface area (Å²) in [7, 11) is 0. The van der Waals surface area contributed by atoms with E-state index in [0.717, 1.165) is 22.4 Å². The first kappa shape index (κ1) is 22.9. The van der Waals surface area contributed by atoms with E-state index in [0.29, 0.717) is 5.92 Å². The van der Waals surface area contributed by atoms with Gasteiger partial charge in [0.1, 0.15) is 11.6 Å². The molecule has 0 saturated carbocycles. The molecule has 0 radical (unpaired) electrons. The predicted octanol–water partition coefficient (Wildman–Crippen LogP) is 5.33. The summed E-state index contributed by atoms with van der Waals surface area (Å²) in [5, 5.41) is 12.1. The van der Waals surface area contributed by atoms with Crippen molar-refractivity contribution in [3.8, 4) is 6.07 Å². The Morgan fingerprint density at radius 2 is 1.73 bits per heavy atom. The summed E-state index contributed by atoms with van der Waals surface area (Å²) in [6.45, 7) is 9.72. The Hall–Kier alpha value is -3.39. The maximum atomic E-state index is 12.3. The second-order valence-corrected chi connectivity index (χ2v) is 7.81. The monoisotopic (exact) mass is 404 g/mol. The summed E-state index contributed by atoms with van der Waals surface area (Å²) in [6, 6.07) is 15.3. The van der Waals surface area contributed by atoms with Crippen molar-refractivity contribution in [3.05, 3.63) is 70.3 Å². The lowest BCUT2D eigenvalue weighted by Gasteiger charge is -2.16. The van der Waals surface area contributed by atoms with Gasteiger partial charge in [0.15, 0.2) is 6.61 Å². The van der Waals surface area contributed by atoms with Crippen LogP contribution in [0.2, 0.25) is 0 Å². The number of carbonyl (C=O) groups excluding carboxylic acids is 2. The molecule has 0 aliphatic carbocycles.